The van der Waals surface area contributed by atoms with E-state index in [0.29, 0.717) is 6.42 Å². The Balaban J connectivity index is 2.36. The molecule has 0 amide bonds. The van der Waals surface area contributed by atoms with Crippen LogP contribution in [0.4, 0.5) is 0 Å². The van der Waals surface area contributed by atoms with Crippen molar-refractivity contribution in [1.29, 1.82) is 0 Å². The zero-order valence-electron chi connectivity index (χ0n) is 10.1. The van der Waals surface area contributed by atoms with Gasteiger partial charge in [-0.25, -0.2) is 0 Å². The molecule has 1 heterocycles. The van der Waals surface area contributed by atoms with Crippen LogP contribution >= 0.6 is 11.3 Å². The van der Waals surface area contributed by atoms with Crippen LogP contribution < -0.4 is 0 Å². The van der Waals surface area contributed by atoms with Crippen molar-refractivity contribution in [3.63, 3.8) is 0 Å². The summed E-state index contributed by atoms with van der Waals surface area (Å²) in [6.45, 7) is 4.12. The summed E-state index contributed by atoms with van der Waals surface area (Å²) >= 11 is 1.70. The van der Waals surface area contributed by atoms with Gasteiger partial charge in [0.25, 0.3) is 0 Å². The summed E-state index contributed by atoms with van der Waals surface area (Å²) in [5.74, 6) is 0.221. The van der Waals surface area contributed by atoms with Gasteiger partial charge in [-0.15, -0.1) is 11.3 Å². The molecule has 0 bridgehead atoms. The molecule has 2 nitrogen and oxygen atoms in total. The summed E-state index contributed by atoms with van der Waals surface area (Å²) < 4.78 is 0. The topological polar surface area (TPSA) is 40.5 Å². The van der Waals surface area contributed by atoms with Crippen molar-refractivity contribution in [3.05, 3.63) is 22.4 Å². The van der Waals surface area contributed by atoms with Crippen LogP contribution in [-0.2, 0) is 6.42 Å². The van der Waals surface area contributed by atoms with Gasteiger partial charge in [0.15, 0.2) is 0 Å². The Morgan fingerprint density at radius 3 is 2.44 bits per heavy atom. The Hall–Kier alpha value is -0.380. The Morgan fingerprint density at radius 2 is 1.94 bits per heavy atom. The Bertz CT molecular complexity index is 267. The van der Waals surface area contributed by atoms with Crippen LogP contribution in [0.1, 0.15) is 38.0 Å². The van der Waals surface area contributed by atoms with E-state index in [9.17, 15) is 10.2 Å². The summed E-state index contributed by atoms with van der Waals surface area (Å²) in [5.41, 5.74) is 0. The van der Waals surface area contributed by atoms with Crippen LogP contribution in [0.2, 0.25) is 0 Å². The SMILES string of the molecule is CCC(CC)C(O)C(O)CCc1cccs1. The molecule has 1 rings (SSSR count). The molecular formula is C13H22O2S. The van der Waals surface area contributed by atoms with E-state index in [1.807, 2.05) is 11.4 Å². The molecular weight excluding hydrogens is 220 g/mol. The average molecular weight is 242 g/mol. The number of aliphatic hydroxyl groups is 2. The molecule has 0 aliphatic carbocycles. The quantitative estimate of drug-likeness (QED) is 0.772. The summed E-state index contributed by atoms with van der Waals surface area (Å²) in [6.07, 6.45) is 2.19. The van der Waals surface area contributed by atoms with E-state index < -0.39 is 12.2 Å². The van der Waals surface area contributed by atoms with Gasteiger partial charge in [-0.3, -0.25) is 0 Å². The van der Waals surface area contributed by atoms with Crippen molar-refractivity contribution in [3.8, 4) is 0 Å². The van der Waals surface area contributed by atoms with Crippen molar-refractivity contribution in [1.82, 2.24) is 0 Å². The highest BCUT2D eigenvalue weighted by atomic mass is 32.1. The van der Waals surface area contributed by atoms with Gasteiger partial charge in [-0.1, -0.05) is 32.8 Å². The third-order valence-electron chi connectivity index (χ3n) is 3.19. The van der Waals surface area contributed by atoms with Gasteiger partial charge < -0.3 is 10.2 Å². The van der Waals surface area contributed by atoms with Crippen LogP contribution in [0.5, 0.6) is 0 Å². The van der Waals surface area contributed by atoms with Crippen molar-refractivity contribution < 1.29 is 10.2 Å². The maximum Gasteiger partial charge on any atom is 0.0827 e. The number of rotatable bonds is 7. The van der Waals surface area contributed by atoms with Crippen LogP contribution in [0.15, 0.2) is 17.5 Å². The summed E-state index contributed by atoms with van der Waals surface area (Å²) in [5, 5.41) is 21.9. The van der Waals surface area contributed by atoms with Gasteiger partial charge in [0, 0.05) is 4.88 Å². The molecule has 3 heteroatoms. The molecule has 2 unspecified atom stereocenters. The van der Waals surface area contributed by atoms with E-state index in [-0.39, 0.29) is 5.92 Å². The highest BCUT2D eigenvalue weighted by molar-refractivity contribution is 7.09. The second-order valence-electron chi connectivity index (χ2n) is 4.25. The fourth-order valence-electron chi connectivity index (χ4n) is 2.00. The molecule has 0 aromatic carbocycles. The number of thiophene rings is 1. The monoisotopic (exact) mass is 242 g/mol. The smallest absolute Gasteiger partial charge is 0.0827 e. The van der Waals surface area contributed by atoms with Crippen molar-refractivity contribution in [2.24, 2.45) is 5.92 Å². The molecule has 2 atom stereocenters. The molecule has 0 spiro atoms. The lowest BCUT2D eigenvalue weighted by atomic mass is 9.91. The van der Waals surface area contributed by atoms with Gasteiger partial charge in [0.1, 0.15) is 0 Å². The predicted octanol–water partition coefficient (Wildman–Crippen LogP) is 2.84. The van der Waals surface area contributed by atoms with Crippen molar-refractivity contribution in [2.45, 2.75) is 51.7 Å². The largest absolute Gasteiger partial charge is 0.390 e. The maximum absolute atomic E-state index is 9.96. The zero-order valence-corrected chi connectivity index (χ0v) is 10.9. The zero-order chi connectivity index (χ0) is 12.0. The van der Waals surface area contributed by atoms with E-state index in [1.165, 1.54) is 4.88 Å². The molecule has 2 N–H and O–H groups in total. The average Bonchev–Trinajstić information content (AvgIpc) is 2.80. The second-order valence-corrected chi connectivity index (χ2v) is 5.28. The first-order valence-corrected chi connectivity index (χ1v) is 6.95. The van der Waals surface area contributed by atoms with E-state index >= 15 is 0 Å². The van der Waals surface area contributed by atoms with E-state index in [4.69, 9.17) is 0 Å². The van der Waals surface area contributed by atoms with Gasteiger partial charge >= 0.3 is 0 Å². The summed E-state index contributed by atoms with van der Waals surface area (Å²) in [6, 6.07) is 4.09. The number of aliphatic hydroxyl groups excluding tert-OH is 2. The third kappa shape index (κ3) is 3.89. The van der Waals surface area contributed by atoms with Crippen LogP contribution in [0.25, 0.3) is 0 Å². The highest BCUT2D eigenvalue weighted by Crippen LogP contribution is 2.20. The fourth-order valence-corrected chi connectivity index (χ4v) is 2.73. The minimum Gasteiger partial charge on any atom is -0.390 e. The molecule has 0 radical (unpaired) electrons. The van der Waals surface area contributed by atoms with Gasteiger partial charge in [0.2, 0.25) is 0 Å². The summed E-state index contributed by atoms with van der Waals surface area (Å²) in [4.78, 5) is 1.27. The van der Waals surface area contributed by atoms with Crippen LogP contribution in [0, 0.1) is 5.92 Å². The van der Waals surface area contributed by atoms with Crippen molar-refractivity contribution in [2.75, 3.05) is 0 Å². The molecule has 1 aromatic rings. The molecule has 0 aliphatic heterocycles. The first-order chi connectivity index (χ1) is 7.69. The van der Waals surface area contributed by atoms with Gasteiger partial charge in [0.05, 0.1) is 12.2 Å². The molecule has 0 saturated carbocycles. The fraction of sp³-hybridized carbons (Fsp3) is 0.692. The second kappa shape index (κ2) is 7.05. The van der Waals surface area contributed by atoms with E-state index in [2.05, 4.69) is 19.9 Å². The Morgan fingerprint density at radius 1 is 1.25 bits per heavy atom. The van der Waals surface area contributed by atoms with Crippen molar-refractivity contribution >= 4 is 11.3 Å². The number of hydrogen-bond donors (Lipinski definition) is 2. The van der Waals surface area contributed by atoms with E-state index in [0.717, 1.165) is 19.3 Å². The van der Waals surface area contributed by atoms with E-state index in [1.54, 1.807) is 11.3 Å². The lowest BCUT2D eigenvalue weighted by Gasteiger charge is -2.24. The van der Waals surface area contributed by atoms with Gasteiger partial charge in [-0.05, 0) is 30.2 Å². The highest BCUT2D eigenvalue weighted by Gasteiger charge is 2.23. The molecule has 0 fully saturated rings. The minimum atomic E-state index is -0.591. The maximum atomic E-state index is 9.96. The molecule has 0 saturated heterocycles. The predicted molar refractivity (Wildman–Crippen MR) is 68.7 cm³/mol. The third-order valence-corrected chi connectivity index (χ3v) is 4.13. The number of hydrogen-bond acceptors (Lipinski definition) is 3. The minimum absolute atomic E-state index is 0.221. The lowest BCUT2D eigenvalue weighted by Crippen LogP contribution is -2.33. The first-order valence-electron chi connectivity index (χ1n) is 6.07. The first kappa shape index (κ1) is 13.7. The molecule has 1 aromatic heterocycles. The molecule has 92 valence electrons. The van der Waals surface area contributed by atoms with Crippen LogP contribution in [-0.4, -0.2) is 22.4 Å². The van der Waals surface area contributed by atoms with Crippen LogP contribution in [0.3, 0.4) is 0 Å². The Kier molecular flexibility index (Phi) is 6.03. The molecule has 0 aliphatic rings. The number of aryl methyl sites for hydroxylation is 1. The standard InChI is InChI=1S/C13H22O2S/c1-3-10(4-2)13(15)12(14)8-7-11-6-5-9-16-11/h5-6,9-10,12-15H,3-4,7-8H2,1-2H3. The molecule has 16 heavy (non-hydrogen) atoms. The Labute approximate surface area is 102 Å². The van der Waals surface area contributed by atoms with Gasteiger partial charge in [-0.2, -0.15) is 0 Å². The summed E-state index contributed by atoms with van der Waals surface area (Å²) in [7, 11) is 0. The lowest BCUT2D eigenvalue weighted by molar-refractivity contribution is -0.0228. The normalized spacial score (nSPS) is 15.3.